The van der Waals surface area contributed by atoms with Crippen LogP contribution in [0.15, 0.2) is 114 Å². The lowest BCUT2D eigenvalue weighted by molar-refractivity contribution is 0.767. The highest BCUT2D eigenvalue weighted by atomic mass is 15.5. The van der Waals surface area contributed by atoms with Crippen LogP contribution in [0.3, 0.4) is 0 Å². The quantitative estimate of drug-likeness (QED) is 0.203. The van der Waals surface area contributed by atoms with E-state index in [0.717, 1.165) is 36.3 Å². The molecule has 0 fully saturated rings. The Bertz CT molecular complexity index is 1120. The molecule has 3 heteroatoms. The monoisotopic (exact) mass is 493 g/mol. The number of hydrogen-bond acceptors (Lipinski definition) is 3. The van der Waals surface area contributed by atoms with Gasteiger partial charge >= 0.3 is 0 Å². The summed E-state index contributed by atoms with van der Waals surface area (Å²) < 4.78 is 0. The molecule has 0 atom stereocenters. The molecule has 0 aliphatic carbocycles. The number of hydrogen-bond donors (Lipinski definition) is 0. The minimum absolute atomic E-state index is 1.04. The van der Waals surface area contributed by atoms with E-state index in [0.29, 0.717) is 0 Å². The molecule has 4 aromatic rings. The van der Waals surface area contributed by atoms with E-state index in [1.54, 1.807) is 0 Å². The zero-order valence-electron chi connectivity index (χ0n) is 23.4. The van der Waals surface area contributed by atoms with E-state index in [-0.39, 0.29) is 0 Å². The predicted molar refractivity (Wildman–Crippen MR) is 165 cm³/mol. The first-order valence-electron chi connectivity index (χ1n) is 13.8. The Morgan fingerprint density at radius 1 is 0.649 bits per heavy atom. The average molecular weight is 494 g/mol. The third-order valence-electron chi connectivity index (χ3n) is 5.61. The van der Waals surface area contributed by atoms with Crippen molar-refractivity contribution in [3.05, 3.63) is 120 Å². The molecule has 1 aliphatic rings. The summed E-state index contributed by atoms with van der Waals surface area (Å²) in [6.07, 6.45) is 4.21. The first-order chi connectivity index (χ1) is 18.4. The fourth-order valence-electron chi connectivity index (χ4n) is 4.12. The van der Waals surface area contributed by atoms with E-state index in [9.17, 15) is 0 Å². The van der Waals surface area contributed by atoms with Gasteiger partial charge in [-0.2, -0.15) is 5.10 Å². The number of hydrazone groups is 1. The topological polar surface area (TPSA) is 18.8 Å². The fourth-order valence-corrected chi connectivity index (χ4v) is 4.12. The Kier molecular flexibility index (Phi) is 13.3. The molecule has 0 amide bonds. The maximum Gasteiger partial charge on any atom is 0.0652 e. The van der Waals surface area contributed by atoms with E-state index < -0.39 is 0 Å². The lowest BCUT2D eigenvalue weighted by atomic mass is 9.99. The van der Waals surface area contributed by atoms with E-state index in [4.69, 9.17) is 5.10 Å². The maximum atomic E-state index is 4.86. The summed E-state index contributed by atoms with van der Waals surface area (Å²) in [7, 11) is 0. The standard InChI is InChI=1S/C28H25N3.3C2H6/c1-4-12-25(13-5-1)30-20-10-11-24-21-23(18-19-28(24)30)22-29-31(26-14-6-2-7-15-26)27-16-8-3-9-17-27;3*1-2/h1-9,12-19,21-22H,10-11,20H2;3*1-2H3. The first-order valence-corrected chi connectivity index (χ1v) is 13.8. The Balaban J connectivity index is 0.000000750. The molecule has 0 aromatic heterocycles. The molecule has 0 saturated heterocycles. The van der Waals surface area contributed by atoms with Gasteiger partial charge < -0.3 is 4.90 Å². The molecule has 0 N–H and O–H groups in total. The summed E-state index contributed by atoms with van der Waals surface area (Å²) in [6, 6.07) is 37.8. The van der Waals surface area contributed by atoms with Crippen LogP contribution in [-0.4, -0.2) is 12.8 Å². The highest BCUT2D eigenvalue weighted by molar-refractivity contribution is 5.84. The number of benzene rings is 4. The zero-order chi connectivity index (χ0) is 26.9. The fraction of sp³-hybridized carbons (Fsp3) is 0.265. The Morgan fingerprint density at radius 3 is 1.70 bits per heavy atom. The number of fused-ring (bicyclic) bond motifs is 1. The second-order valence-electron chi connectivity index (χ2n) is 7.71. The number of para-hydroxylation sites is 3. The van der Waals surface area contributed by atoms with Gasteiger partial charge in [-0.1, -0.05) is 102 Å². The van der Waals surface area contributed by atoms with Crippen molar-refractivity contribution in [2.75, 3.05) is 16.5 Å². The minimum Gasteiger partial charge on any atom is -0.341 e. The van der Waals surface area contributed by atoms with Crippen LogP contribution >= 0.6 is 0 Å². The summed E-state index contributed by atoms with van der Waals surface area (Å²) in [6.45, 7) is 13.1. The molecule has 0 radical (unpaired) electrons. The van der Waals surface area contributed by atoms with Crippen LogP contribution in [0.5, 0.6) is 0 Å². The second-order valence-corrected chi connectivity index (χ2v) is 7.71. The van der Waals surface area contributed by atoms with Crippen LogP contribution in [0.25, 0.3) is 0 Å². The summed E-state index contributed by atoms with van der Waals surface area (Å²) >= 11 is 0. The van der Waals surface area contributed by atoms with Crippen molar-refractivity contribution in [3.8, 4) is 0 Å². The normalized spacial score (nSPS) is 11.6. The van der Waals surface area contributed by atoms with Gasteiger partial charge in [0, 0.05) is 17.9 Å². The van der Waals surface area contributed by atoms with E-state index in [1.165, 1.54) is 16.9 Å². The Morgan fingerprint density at radius 2 is 1.16 bits per heavy atom. The van der Waals surface area contributed by atoms with E-state index in [2.05, 4.69) is 77.7 Å². The molecular weight excluding hydrogens is 450 g/mol. The van der Waals surface area contributed by atoms with Crippen molar-refractivity contribution in [2.24, 2.45) is 5.10 Å². The van der Waals surface area contributed by atoms with Crippen LogP contribution < -0.4 is 9.91 Å². The second kappa shape index (κ2) is 16.8. The number of nitrogens with zero attached hydrogens (tertiary/aromatic N) is 3. The van der Waals surface area contributed by atoms with Crippen molar-refractivity contribution in [1.29, 1.82) is 0 Å². The predicted octanol–water partition coefficient (Wildman–Crippen LogP) is 10.0. The van der Waals surface area contributed by atoms with Gasteiger partial charge in [0.05, 0.1) is 17.6 Å². The number of rotatable bonds is 5. The Labute approximate surface area is 225 Å². The van der Waals surface area contributed by atoms with Gasteiger partial charge in [-0.05, 0) is 72.5 Å². The molecule has 0 spiro atoms. The highest BCUT2D eigenvalue weighted by Gasteiger charge is 2.18. The van der Waals surface area contributed by atoms with Gasteiger partial charge in [-0.25, -0.2) is 5.01 Å². The molecule has 37 heavy (non-hydrogen) atoms. The number of aryl methyl sites for hydroxylation is 1. The molecule has 0 saturated carbocycles. The lowest BCUT2D eigenvalue weighted by Crippen LogP contribution is -2.24. The highest BCUT2D eigenvalue weighted by Crippen LogP contribution is 2.34. The van der Waals surface area contributed by atoms with E-state index in [1.807, 2.05) is 89.2 Å². The number of anilines is 4. The Hall–Kier alpha value is -3.85. The van der Waals surface area contributed by atoms with Crippen LogP contribution in [0.4, 0.5) is 22.7 Å². The molecule has 0 unspecified atom stereocenters. The summed E-state index contributed by atoms with van der Waals surface area (Å²) in [4.78, 5) is 2.42. The van der Waals surface area contributed by atoms with Crippen molar-refractivity contribution in [2.45, 2.75) is 54.4 Å². The molecule has 0 bridgehead atoms. The third kappa shape index (κ3) is 8.08. The van der Waals surface area contributed by atoms with Gasteiger partial charge in [-0.15, -0.1) is 0 Å². The largest absolute Gasteiger partial charge is 0.341 e. The van der Waals surface area contributed by atoms with Crippen molar-refractivity contribution in [1.82, 2.24) is 0 Å². The van der Waals surface area contributed by atoms with E-state index >= 15 is 0 Å². The summed E-state index contributed by atoms with van der Waals surface area (Å²) in [5.74, 6) is 0. The van der Waals surface area contributed by atoms with Crippen LogP contribution in [0.1, 0.15) is 59.1 Å². The SMILES string of the molecule is C(=NN(c1ccccc1)c1ccccc1)c1ccc2c(c1)CCCN2c1ccccc1.CC.CC.CC. The van der Waals surface area contributed by atoms with Crippen molar-refractivity contribution in [3.63, 3.8) is 0 Å². The maximum absolute atomic E-state index is 4.86. The van der Waals surface area contributed by atoms with Crippen LogP contribution in [0, 0.1) is 0 Å². The minimum atomic E-state index is 1.04. The molecule has 1 heterocycles. The molecular formula is C34H43N3. The van der Waals surface area contributed by atoms with Crippen molar-refractivity contribution < 1.29 is 0 Å². The zero-order valence-corrected chi connectivity index (χ0v) is 23.4. The summed E-state index contributed by atoms with van der Waals surface area (Å²) in [5, 5.41) is 6.84. The van der Waals surface area contributed by atoms with Gasteiger partial charge in [0.15, 0.2) is 0 Å². The van der Waals surface area contributed by atoms with Gasteiger partial charge in [0.1, 0.15) is 0 Å². The average Bonchev–Trinajstić information content (AvgIpc) is 3.01. The van der Waals surface area contributed by atoms with Crippen LogP contribution in [0.2, 0.25) is 0 Å². The van der Waals surface area contributed by atoms with Crippen LogP contribution in [-0.2, 0) is 6.42 Å². The smallest absolute Gasteiger partial charge is 0.0652 e. The molecule has 5 rings (SSSR count). The van der Waals surface area contributed by atoms with Gasteiger partial charge in [-0.3, -0.25) is 0 Å². The van der Waals surface area contributed by atoms with Gasteiger partial charge in [0.25, 0.3) is 0 Å². The summed E-state index contributed by atoms with van der Waals surface area (Å²) in [5.41, 5.74) is 7.13. The molecule has 1 aliphatic heterocycles. The molecule has 3 nitrogen and oxygen atoms in total. The van der Waals surface area contributed by atoms with Gasteiger partial charge in [0.2, 0.25) is 0 Å². The molecule has 194 valence electrons. The van der Waals surface area contributed by atoms with Crippen molar-refractivity contribution >= 4 is 29.0 Å². The third-order valence-corrected chi connectivity index (χ3v) is 5.61. The molecule has 4 aromatic carbocycles. The first kappa shape index (κ1) is 29.4. The lowest BCUT2D eigenvalue weighted by Gasteiger charge is -2.31.